The number of ether oxygens (including phenoxy) is 9. The third-order valence-corrected chi connectivity index (χ3v) is 22.5. The van der Waals surface area contributed by atoms with Gasteiger partial charge in [-0.05, 0) is 157 Å². The Balaban J connectivity index is 0.725. The van der Waals surface area contributed by atoms with Crippen molar-refractivity contribution in [2.45, 2.75) is 242 Å². The topological polar surface area (TPSA) is 168 Å². The number of hydrogen-bond donors (Lipinski definition) is 1. The molecule has 1 amide bonds. The standard InChI is InChI=1S/C58H93NO16/c1-33-11-14-43-36(4)46(65-49-29-64-52(8)23-17-40(33)56(43,49)73-70-52)20-26-61-30-55(59-39(7)60,31-62-27-21-47-37(5)44-15-12-34(2)41-18-24-53(9)68-50(66-47)57(41,44)74-71-53)32-63-28-22-48-38(6)45-16-13-35(3)42-19-25-54(10)69-51(67-48)58(42,45)75-72-54/h33-38,40-51H,11-32H2,1-10H3,(H,59,60)/t33-,34-,35-,36-,37-,38-,40+,41+,42+,43+,44+,45+,46?,47?,48?,49-,50-,51-,52-,53-,54-,55?,56-,57-,58-/m1/s1. The van der Waals surface area contributed by atoms with Crippen LogP contribution >= 0.6 is 0 Å². The lowest BCUT2D eigenvalue weighted by Crippen LogP contribution is -2.70. The van der Waals surface area contributed by atoms with Crippen molar-refractivity contribution in [2.24, 2.45) is 71.0 Å². The largest absolute Gasteiger partial charge is 0.379 e. The second kappa shape index (κ2) is 20.4. The zero-order valence-corrected chi connectivity index (χ0v) is 47.0. The van der Waals surface area contributed by atoms with E-state index >= 15 is 0 Å². The molecule has 14 fully saturated rings. The van der Waals surface area contributed by atoms with E-state index in [2.05, 4.69) is 46.9 Å². The van der Waals surface area contributed by atoms with E-state index in [0.29, 0.717) is 81.2 Å². The van der Waals surface area contributed by atoms with Crippen molar-refractivity contribution in [3.63, 3.8) is 0 Å². The van der Waals surface area contributed by atoms with Gasteiger partial charge in [0.25, 0.3) is 0 Å². The molecule has 3 spiro atoms. The Morgan fingerprint density at radius 1 is 0.493 bits per heavy atom. The summed E-state index contributed by atoms with van der Waals surface area (Å²) in [6.45, 7) is 23.6. The molecule has 426 valence electrons. The summed E-state index contributed by atoms with van der Waals surface area (Å²) in [6.07, 6.45) is 12.3. The number of carbonyl (C=O) groups is 1. The lowest BCUT2D eigenvalue weighted by molar-refractivity contribution is -0.571. The van der Waals surface area contributed by atoms with E-state index in [0.717, 1.165) is 77.0 Å². The summed E-state index contributed by atoms with van der Waals surface area (Å²) in [5, 5.41) is 3.28. The molecule has 11 heterocycles. The van der Waals surface area contributed by atoms with Crippen LogP contribution in [0.15, 0.2) is 0 Å². The molecule has 0 aromatic heterocycles. The van der Waals surface area contributed by atoms with Crippen LogP contribution in [-0.4, -0.2) is 129 Å². The second-order valence-corrected chi connectivity index (χ2v) is 27.2. The summed E-state index contributed by atoms with van der Waals surface area (Å²) in [5.41, 5.74) is -2.78. The normalized spacial score (nSPS) is 53.3. The van der Waals surface area contributed by atoms with Crippen LogP contribution in [0.3, 0.4) is 0 Å². The molecule has 0 radical (unpaired) electrons. The van der Waals surface area contributed by atoms with Crippen molar-refractivity contribution >= 4 is 5.91 Å². The molecular formula is C58H93NO16. The van der Waals surface area contributed by atoms with E-state index in [9.17, 15) is 4.79 Å². The number of fused-ring (bicyclic) bond motifs is 6. The van der Waals surface area contributed by atoms with E-state index in [1.807, 2.05) is 20.8 Å². The second-order valence-electron chi connectivity index (χ2n) is 27.2. The molecule has 3 aliphatic carbocycles. The summed E-state index contributed by atoms with van der Waals surface area (Å²) in [6, 6.07) is 0. The summed E-state index contributed by atoms with van der Waals surface area (Å²) >= 11 is 0. The Kier molecular flexibility index (Phi) is 14.8. The van der Waals surface area contributed by atoms with Crippen molar-refractivity contribution in [3.05, 3.63) is 0 Å². The van der Waals surface area contributed by atoms with Crippen molar-refractivity contribution in [1.82, 2.24) is 5.32 Å². The Morgan fingerprint density at radius 3 is 1.33 bits per heavy atom. The molecule has 0 aromatic rings. The highest BCUT2D eigenvalue weighted by Gasteiger charge is 2.71. The smallest absolute Gasteiger partial charge is 0.217 e. The van der Waals surface area contributed by atoms with Gasteiger partial charge in [-0.2, -0.15) is 0 Å². The number of nitrogens with one attached hydrogen (secondary N) is 1. The number of rotatable bonds is 16. The number of amides is 1. The van der Waals surface area contributed by atoms with E-state index < -0.39 is 52.3 Å². The molecule has 11 saturated heterocycles. The minimum Gasteiger partial charge on any atom is -0.379 e. The van der Waals surface area contributed by atoms with Crippen LogP contribution in [0.2, 0.25) is 0 Å². The third-order valence-electron chi connectivity index (χ3n) is 22.5. The van der Waals surface area contributed by atoms with Crippen molar-refractivity contribution < 1.29 is 76.8 Å². The summed E-state index contributed by atoms with van der Waals surface area (Å²) < 4.78 is 60.8. The summed E-state index contributed by atoms with van der Waals surface area (Å²) in [5.74, 6) is 1.11. The predicted molar refractivity (Wildman–Crippen MR) is 268 cm³/mol. The zero-order chi connectivity index (χ0) is 52.3. The number of carbonyl (C=O) groups excluding carboxylic acids is 1. The van der Waals surface area contributed by atoms with Crippen LogP contribution in [0, 0.1) is 71.0 Å². The first kappa shape index (κ1) is 54.5. The Labute approximate surface area is 446 Å². The Hall–Kier alpha value is -1.13. The van der Waals surface area contributed by atoms with Crippen molar-refractivity contribution in [1.29, 1.82) is 0 Å². The van der Waals surface area contributed by atoms with Gasteiger partial charge in [0.1, 0.15) is 17.2 Å². The fourth-order valence-electron chi connectivity index (χ4n) is 18.2. The monoisotopic (exact) mass is 1060 g/mol. The minimum atomic E-state index is -0.993. The quantitative estimate of drug-likeness (QED) is 0.115. The van der Waals surface area contributed by atoms with Gasteiger partial charge in [0.15, 0.2) is 29.6 Å². The highest BCUT2D eigenvalue weighted by molar-refractivity contribution is 5.73. The SMILES string of the molecule is CC(=O)NC(COCCC1O[C@@H]2O[C@@]3(C)CC[C@H]4[C@H](C)CC[C@@H]([C@H]1C)[C@@]24OO3)(COCCC1O[C@@H]2O[C@@]3(C)CC[C@H]4[C@H](C)CC[C@@H]([C@H]1C)[C@@]24OO3)COCCC1O[C@@H]2CO[C@@]3(C)CC[C@H]4[C@H](C)CC[C@@H]([C@H]1C)[C@@]24OO3. The lowest BCUT2D eigenvalue weighted by atomic mass is 9.55. The van der Waals surface area contributed by atoms with Crippen LogP contribution in [0.4, 0.5) is 0 Å². The first-order valence-corrected chi connectivity index (χ1v) is 29.9. The average Bonchev–Trinajstić information content (AvgIpc) is 3.88. The van der Waals surface area contributed by atoms with E-state index in [1.54, 1.807) is 6.92 Å². The van der Waals surface area contributed by atoms with Gasteiger partial charge < -0.3 is 47.9 Å². The first-order chi connectivity index (χ1) is 35.9. The van der Waals surface area contributed by atoms with Crippen LogP contribution < -0.4 is 5.32 Å². The average molecular weight is 1060 g/mol. The van der Waals surface area contributed by atoms with Gasteiger partial charge in [0.05, 0.1) is 44.7 Å². The lowest BCUT2D eigenvalue weighted by Gasteiger charge is -2.60. The van der Waals surface area contributed by atoms with Gasteiger partial charge in [-0.1, -0.05) is 41.5 Å². The molecule has 75 heavy (non-hydrogen) atoms. The maximum absolute atomic E-state index is 13.3. The minimum absolute atomic E-state index is 0.0706. The van der Waals surface area contributed by atoms with Crippen LogP contribution in [0.1, 0.15) is 166 Å². The zero-order valence-electron chi connectivity index (χ0n) is 47.0. The molecule has 17 nitrogen and oxygen atoms in total. The molecule has 3 unspecified atom stereocenters. The molecule has 1 N–H and O–H groups in total. The van der Waals surface area contributed by atoms with Gasteiger partial charge in [0, 0.05) is 57.8 Å². The highest BCUT2D eigenvalue weighted by atomic mass is 17.3. The molecule has 24 atom stereocenters. The van der Waals surface area contributed by atoms with E-state index in [1.165, 1.54) is 0 Å². The summed E-state index contributed by atoms with van der Waals surface area (Å²) in [4.78, 5) is 51.1. The van der Waals surface area contributed by atoms with Crippen LogP contribution in [-0.2, 0) is 76.8 Å². The van der Waals surface area contributed by atoms with E-state index in [-0.39, 0.29) is 85.7 Å². The maximum atomic E-state index is 13.3. The van der Waals surface area contributed by atoms with Gasteiger partial charge >= 0.3 is 0 Å². The van der Waals surface area contributed by atoms with Crippen LogP contribution in [0.5, 0.6) is 0 Å². The molecule has 17 heteroatoms. The maximum Gasteiger partial charge on any atom is 0.217 e. The fraction of sp³-hybridized carbons (Fsp3) is 0.983. The molecule has 3 saturated carbocycles. The number of hydrogen-bond acceptors (Lipinski definition) is 16. The van der Waals surface area contributed by atoms with Gasteiger partial charge in [-0.3, -0.25) is 4.79 Å². The summed E-state index contributed by atoms with van der Waals surface area (Å²) in [7, 11) is 0. The Morgan fingerprint density at radius 2 is 0.880 bits per heavy atom. The first-order valence-electron chi connectivity index (χ1n) is 29.9. The van der Waals surface area contributed by atoms with Crippen molar-refractivity contribution in [3.8, 4) is 0 Å². The molecule has 14 aliphatic rings. The van der Waals surface area contributed by atoms with Gasteiger partial charge in [-0.25, -0.2) is 29.3 Å². The van der Waals surface area contributed by atoms with Gasteiger partial charge in [0.2, 0.25) is 17.5 Å². The molecular weight excluding hydrogens is 967 g/mol. The predicted octanol–water partition coefficient (Wildman–Crippen LogP) is 8.88. The third kappa shape index (κ3) is 9.16. The molecule has 11 aliphatic heterocycles. The molecule has 6 bridgehead atoms. The Bertz CT molecular complexity index is 1970. The molecule has 14 rings (SSSR count). The highest BCUT2D eigenvalue weighted by Crippen LogP contribution is 2.63. The van der Waals surface area contributed by atoms with Gasteiger partial charge in [-0.15, -0.1) is 0 Å². The van der Waals surface area contributed by atoms with Crippen LogP contribution in [0.25, 0.3) is 0 Å². The van der Waals surface area contributed by atoms with E-state index in [4.69, 9.17) is 72.0 Å². The molecule has 0 aromatic carbocycles. The van der Waals surface area contributed by atoms with Crippen molar-refractivity contribution in [2.75, 3.05) is 46.2 Å². The fourth-order valence-corrected chi connectivity index (χ4v) is 18.2.